The first-order valence-electron chi connectivity index (χ1n) is 7.62. The van der Waals surface area contributed by atoms with Crippen molar-refractivity contribution in [3.63, 3.8) is 0 Å². The summed E-state index contributed by atoms with van der Waals surface area (Å²) < 4.78 is 0. The van der Waals surface area contributed by atoms with Crippen molar-refractivity contribution < 1.29 is 0 Å². The van der Waals surface area contributed by atoms with Crippen LogP contribution < -0.4 is 5.32 Å². The molecule has 1 nitrogen and oxygen atoms in total. The number of hydrogen-bond acceptors (Lipinski definition) is 1. The molecule has 0 aliphatic heterocycles. The van der Waals surface area contributed by atoms with E-state index in [4.69, 9.17) is 0 Å². The van der Waals surface area contributed by atoms with Gasteiger partial charge in [-0.3, -0.25) is 0 Å². The van der Waals surface area contributed by atoms with Crippen LogP contribution in [0.3, 0.4) is 0 Å². The van der Waals surface area contributed by atoms with E-state index in [9.17, 15) is 0 Å². The average Bonchev–Trinajstić information content (AvgIpc) is 2.37. The van der Waals surface area contributed by atoms with E-state index in [0.29, 0.717) is 5.41 Å². The summed E-state index contributed by atoms with van der Waals surface area (Å²) in [6, 6.07) is 1.56. The highest BCUT2D eigenvalue weighted by atomic mass is 15.0. The Bertz CT molecular complexity index is 248. The molecule has 100 valence electrons. The zero-order valence-corrected chi connectivity index (χ0v) is 12.4. The Labute approximate surface area is 108 Å². The Morgan fingerprint density at radius 2 is 1.47 bits per heavy atom. The van der Waals surface area contributed by atoms with Crippen LogP contribution in [-0.4, -0.2) is 12.1 Å². The van der Waals surface area contributed by atoms with Gasteiger partial charge in [0.25, 0.3) is 0 Å². The molecular weight excluding hydrogens is 206 g/mol. The van der Waals surface area contributed by atoms with E-state index in [-0.39, 0.29) is 0 Å². The Kier molecular flexibility index (Phi) is 3.87. The minimum absolute atomic E-state index is 0.559. The van der Waals surface area contributed by atoms with E-state index >= 15 is 0 Å². The van der Waals surface area contributed by atoms with Gasteiger partial charge < -0.3 is 5.32 Å². The zero-order chi connectivity index (χ0) is 12.6. The van der Waals surface area contributed by atoms with Gasteiger partial charge in [-0.15, -0.1) is 0 Å². The molecule has 0 heterocycles. The highest BCUT2D eigenvalue weighted by Crippen LogP contribution is 2.41. The van der Waals surface area contributed by atoms with Crippen molar-refractivity contribution in [3.8, 4) is 0 Å². The standard InChI is InChI=1S/C16H31N/c1-11-6-12(2)8-14(7-11)17-15-10-16(4,5)9-13(15)3/h11-15,17H,6-10H2,1-5H3. The molecule has 1 heteroatoms. The van der Waals surface area contributed by atoms with Crippen LogP contribution in [0.15, 0.2) is 0 Å². The Morgan fingerprint density at radius 1 is 0.882 bits per heavy atom. The Hall–Kier alpha value is -0.0400. The lowest BCUT2D eigenvalue weighted by Crippen LogP contribution is -2.43. The molecule has 2 saturated carbocycles. The molecule has 0 aromatic heterocycles. The monoisotopic (exact) mass is 237 g/mol. The second kappa shape index (κ2) is 4.91. The zero-order valence-electron chi connectivity index (χ0n) is 12.4. The third kappa shape index (κ3) is 3.47. The largest absolute Gasteiger partial charge is 0.311 e. The van der Waals surface area contributed by atoms with Crippen molar-refractivity contribution in [2.75, 3.05) is 0 Å². The molecule has 0 saturated heterocycles. The second-order valence-electron chi connectivity index (χ2n) is 7.94. The summed E-state index contributed by atoms with van der Waals surface area (Å²) in [4.78, 5) is 0. The molecular formula is C16H31N. The van der Waals surface area contributed by atoms with E-state index in [1.807, 2.05) is 0 Å². The molecule has 2 aliphatic carbocycles. The lowest BCUT2D eigenvalue weighted by Gasteiger charge is -2.35. The van der Waals surface area contributed by atoms with Gasteiger partial charge in [-0.2, -0.15) is 0 Å². The number of rotatable bonds is 2. The first kappa shape index (κ1) is 13.4. The van der Waals surface area contributed by atoms with E-state index in [2.05, 4.69) is 39.9 Å². The second-order valence-corrected chi connectivity index (χ2v) is 7.94. The van der Waals surface area contributed by atoms with Gasteiger partial charge >= 0.3 is 0 Å². The van der Waals surface area contributed by atoms with Crippen molar-refractivity contribution in [1.82, 2.24) is 5.32 Å². The van der Waals surface area contributed by atoms with Crippen LogP contribution in [-0.2, 0) is 0 Å². The molecule has 4 unspecified atom stereocenters. The summed E-state index contributed by atoms with van der Waals surface area (Å²) in [6.45, 7) is 12.1. The van der Waals surface area contributed by atoms with Crippen LogP contribution in [0.1, 0.15) is 66.7 Å². The fourth-order valence-corrected chi connectivity index (χ4v) is 4.50. The maximum absolute atomic E-state index is 3.98. The fourth-order valence-electron chi connectivity index (χ4n) is 4.50. The molecule has 4 atom stereocenters. The lowest BCUT2D eigenvalue weighted by atomic mass is 9.80. The van der Waals surface area contributed by atoms with E-state index in [1.165, 1.54) is 32.1 Å². The van der Waals surface area contributed by atoms with Crippen molar-refractivity contribution in [2.45, 2.75) is 78.8 Å². The van der Waals surface area contributed by atoms with Gasteiger partial charge in [-0.1, -0.05) is 34.6 Å². The van der Waals surface area contributed by atoms with Crippen molar-refractivity contribution in [3.05, 3.63) is 0 Å². The molecule has 0 bridgehead atoms. The smallest absolute Gasteiger partial charge is 0.0101 e. The maximum Gasteiger partial charge on any atom is 0.0101 e. The van der Waals surface area contributed by atoms with Crippen molar-refractivity contribution in [1.29, 1.82) is 0 Å². The highest BCUT2D eigenvalue weighted by Gasteiger charge is 2.38. The summed E-state index contributed by atoms with van der Waals surface area (Å²) in [7, 11) is 0. The van der Waals surface area contributed by atoms with Crippen LogP contribution in [0.2, 0.25) is 0 Å². The predicted molar refractivity (Wildman–Crippen MR) is 75.1 cm³/mol. The maximum atomic E-state index is 3.98. The van der Waals surface area contributed by atoms with Crippen LogP contribution in [0, 0.1) is 23.2 Å². The minimum Gasteiger partial charge on any atom is -0.311 e. The molecule has 0 spiro atoms. The van der Waals surface area contributed by atoms with Crippen molar-refractivity contribution in [2.24, 2.45) is 23.2 Å². The van der Waals surface area contributed by atoms with Gasteiger partial charge in [0.15, 0.2) is 0 Å². The molecule has 2 fully saturated rings. The van der Waals surface area contributed by atoms with Gasteiger partial charge in [0.05, 0.1) is 0 Å². The molecule has 2 aliphatic rings. The van der Waals surface area contributed by atoms with E-state index < -0.39 is 0 Å². The molecule has 2 rings (SSSR count). The Morgan fingerprint density at radius 3 is 1.94 bits per heavy atom. The van der Waals surface area contributed by atoms with E-state index in [1.54, 1.807) is 0 Å². The predicted octanol–water partition coefficient (Wildman–Crippen LogP) is 4.23. The van der Waals surface area contributed by atoms with Gasteiger partial charge in [0, 0.05) is 12.1 Å². The number of nitrogens with one attached hydrogen (secondary N) is 1. The van der Waals surface area contributed by atoms with Gasteiger partial charge in [0.1, 0.15) is 0 Å². The normalized spacial score (nSPS) is 46.1. The number of hydrogen-bond donors (Lipinski definition) is 1. The SMILES string of the molecule is CC1CC(C)CC(NC2CC(C)(C)CC2C)C1. The third-order valence-corrected chi connectivity index (χ3v) is 4.96. The highest BCUT2D eigenvalue weighted by molar-refractivity contribution is 4.93. The molecule has 1 N–H and O–H groups in total. The third-order valence-electron chi connectivity index (χ3n) is 4.96. The molecule has 0 radical (unpaired) electrons. The van der Waals surface area contributed by atoms with Crippen molar-refractivity contribution >= 4 is 0 Å². The minimum atomic E-state index is 0.559. The summed E-state index contributed by atoms with van der Waals surface area (Å²) in [5, 5.41) is 3.98. The summed E-state index contributed by atoms with van der Waals surface area (Å²) in [6.07, 6.45) is 6.99. The van der Waals surface area contributed by atoms with Gasteiger partial charge in [-0.25, -0.2) is 0 Å². The molecule has 0 aromatic rings. The van der Waals surface area contributed by atoms with Crippen LogP contribution in [0.4, 0.5) is 0 Å². The van der Waals surface area contributed by atoms with Crippen LogP contribution >= 0.6 is 0 Å². The van der Waals surface area contributed by atoms with Crippen LogP contribution in [0.25, 0.3) is 0 Å². The van der Waals surface area contributed by atoms with Gasteiger partial charge in [0.2, 0.25) is 0 Å². The average molecular weight is 237 g/mol. The topological polar surface area (TPSA) is 12.0 Å². The lowest BCUT2D eigenvalue weighted by molar-refractivity contribution is 0.214. The van der Waals surface area contributed by atoms with Gasteiger partial charge in [-0.05, 0) is 55.3 Å². The fraction of sp³-hybridized carbons (Fsp3) is 1.00. The first-order valence-corrected chi connectivity index (χ1v) is 7.62. The molecule has 17 heavy (non-hydrogen) atoms. The summed E-state index contributed by atoms with van der Waals surface area (Å²) in [5.41, 5.74) is 0.559. The van der Waals surface area contributed by atoms with E-state index in [0.717, 1.165) is 29.8 Å². The first-order chi connectivity index (χ1) is 7.85. The summed E-state index contributed by atoms with van der Waals surface area (Å²) in [5.74, 6) is 2.69. The molecule has 0 aromatic carbocycles. The van der Waals surface area contributed by atoms with Crippen LogP contribution in [0.5, 0.6) is 0 Å². The quantitative estimate of drug-likeness (QED) is 0.758. The summed E-state index contributed by atoms with van der Waals surface area (Å²) >= 11 is 0. The molecule has 0 amide bonds. The Balaban J connectivity index is 1.88.